The molecule has 14 nitrogen and oxygen atoms in total. The molecular formula is C18H16N2O12S2. The average Bonchev–Trinajstić information content (AvgIpc) is 3.15. The monoisotopic (exact) mass is 516 g/mol. The third-order valence-electron chi connectivity index (χ3n) is 4.10. The van der Waals surface area contributed by atoms with Gasteiger partial charge >= 0.3 is 11.9 Å². The van der Waals surface area contributed by atoms with Crippen LogP contribution >= 0.6 is 0 Å². The molecule has 0 fully saturated rings. The van der Waals surface area contributed by atoms with E-state index in [0.29, 0.717) is 0 Å². The van der Waals surface area contributed by atoms with E-state index >= 15 is 0 Å². The van der Waals surface area contributed by atoms with Gasteiger partial charge in [0.2, 0.25) is 0 Å². The SMILES string of the molecule is O=C(O)C(O)C(O)C(=O)O.O=C1NS(=O)(=O)c2ccccc21.O=C1NS(=O)(=O)c2ccccc21. The molecule has 2 aromatic rings. The highest BCUT2D eigenvalue weighted by Crippen LogP contribution is 2.21. The lowest BCUT2D eigenvalue weighted by atomic mass is 10.2. The number of aliphatic carboxylic acids is 2. The van der Waals surface area contributed by atoms with E-state index in [-0.39, 0.29) is 20.9 Å². The van der Waals surface area contributed by atoms with Crippen molar-refractivity contribution < 1.29 is 56.4 Å². The number of hydrogen-bond acceptors (Lipinski definition) is 10. The molecule has 6 N–H and O–H groups in total. The van der Waals surface area contributed by atoms with Crippen LogP contribution < -0.4 is 9.44 Å². The minimum atomic E-state index is -3.55. The van der Waals surface area contributed by atoms with Gasteiger partial charge in [-0.1, -0.05) is 24.3 Å². The quantitative estimate of drug-likeness (QED) is 0.262. The van der Waals surface area contributed by atoms with Crippen LogP contribution in [-0.2, 0) is 29.6 Å². The highest BCUT2D eigenvalue weighted by molar-refractivity contribution is 7.91. The van der Waals surface area contributed by atoms with Crippen LogP contribution in [0.15, 0.2) is 58.3 Å². The largest absolute Gasteiger partial charge is 0.479 e. The molecule has 2 unspecified atom stereocenters. The van der Waals surface area contributed by atoms with Crippen LogP contribution in [-0.4, -0.2) is 73.2 Å². The van der Waals surface area contributed by atoms with Gasteiger partial charge < -0.3 is 20.4 Å². The Labute approximate surface area is 191 Å². The van der Waals surface area contributed by atoms with Gasteiger partial charge in [0.15, 0.2) is 12.2 Å². The Bertz CT molecular complexity index is 1260. The molecule has 2 aliphatic rings. The number of fused-ring (bicyclic) bond motifs is 2. The van der Waals surface area contributed by atoms with Crippen molar-refractivity contribution in [3.8, 4) is 0 Å². The minimum absolute atomic E-state index is 0.0648. The topological polar surface area (TPSA) is 242 Å². The van der Waals surface area contributed by atoms with E-state index in [1.807, 2.05) is 9.44 Å². The van der Waals surface area contributed by atoms with Gasteiger partial charge in [-0.3, -0.25) is 9.59 Å². The number of carboxylic acids is 2. The highest BCUT2D eigenvalue weighted by atomic mass is 32.2. The summed E-state index contributed by atoms with van der Waals surface area (Å²) in [4.78, 5) is 41.7. The second-order valence-electron chi connectivity index (χ2n) is 6.43. The van der Waals surface area contributed by atoms with E-state index in [1.54, 1.807) is 24.3 Å². The fourth-order valence-corrected chi connectivity index (χ4v) is 4.86. The molecule has 16 heteroatoms. The predicted octanol–water partition coefficient (Wildman–Crippen LogP) is -1.89. The second kappa shape index (κ2) is 9.96. The number of amides is 2. The summed E-state index contributed by atoms with van der Waals surface area (Å²) in [6.07, 6.45) is -4.53. The number of nitrogens with one attached hydrogen (secondary N) is 2. The molecule has 0 aromatic heterocycles. The van der Waals surface area contributed by atoms with Crippen LogP contribution in [0.5, 0.6) is 0 Å². The maximum absolute atomic E-state index is 11.1. The van der Waals surface area contributed by atoms with E-state index in [1.165, 1.54) is 24.3 Å². The normalized spacial score (nSPS) is 17.7. The van der Waals surface area contributed by atoms with Crippen molar-refractivity contribution in [1.29, 1.82) is 0 Å². The molecule has 0 saturated carbocycles. The van der Waals surface area contributed by atoms with E-state index in [4.69, 9.17) is 20.4 Å². The average molecular weight is 516 g/mol. The summed E-state index contributed by atoms with van der Waals surface area (Å²) in [5.41, 5.74) is 0.440. The van der Waals surface area contributed by atoms with Crippen LogP contribution in [0.2, 0.25) is 0 Å². The standard InChI is InChI=1S/2C7H5NO3S.C4H6O6/c2*9-7-5-3-1-2-4-6(5)12(10,11)8-7;5-1(3(7)8)2(6)4(9)10/h2*1-4H,(H,8,9);1-2,5-6H,(H,7,8)(H,9,10). The summed E-state index contributed by atoms with van der Waals surface area (Å²) in [6, 6.07) is 12.2. The number of sulfonamides is 2. The van der Waals surface area contributed by atoms with E-state index < -0.39 is 56.0 Å². The molecule has 0 spiro atoms. The Morgan fingerprint density at radius 1 is 0.647 bits per heavy atom. The molecule has 2 atom stereocenters. The Kier molecular flexibility index (Phi) is 7.73. The van der Waals surface area contributed by atoms with Gasteiger partial charge in [0, 0.05) is 0 Å². The van der Waals surface area contributed by atoms with Crippen LogP contribution in [0, 0.1) is 0 Å². The lowest BCUT2D eigenvalue weighted by Gasteiger charge is -2.07. The summed E-state index contributed by atoms with van der Waals surface area (Å²) in [5, 5.41) is 32.5. The first-order valence-electron chi connectivity index (χ1n) is 8.83. The number of aliphatic hydroxyl groups excluding tert-OH is 2. The first-order valence-corrected chi connectivity index (χ1v) is 11.8. The zero-order valence-corrected chi connectivity index (χ0v) is 18.3. The van der Waals surface area contributed by atoms with E-state index in [2.05, 4.69) is 0 Å². The van der Waals surface area contributed by atoms with E-state index in [0.717, 1.165) is 0 Å². The number of carbonyl (C=O) groups excluding carboxylic acids is 2. The van der Waals surface area contributed by atoms with Gasteiger partial charge in [-0.05, 0) is 24.3 Å². The van der Waals surface area contributed by atoms with Crippen molar-refractivity contribution in [2.24, 2.45) is 0 Å². The molecule has 0 bridgehead atoms. The van der Waals surface area contributed by atoms with Crippen LogP contribution in [0.4, 0.5) is 0 Å². The molecule has 4 rings (SSSR count). The van der Waals surface area contributed by atoms with Gasteiger partial charge in [-0.15, -0.1) is 0 Å². The van der Waals surface area contributed by atoms with Crippen molar-refractivity contribution in [3.63, 3.8) is 0 Å². The predicted molar refractivity (Wildman–Crippen MR) is 109 cm³/mol. The van der Waals surface area contributed by atoms with Crippen LogP contribution in [0.1, 0.15) is 20.7 Å². The number of carbonyl (C=O) groups is 4. The number of carboxylic acid groups (broad SMARTS) is 2. The molecule has 2 heterocycles. The summed E-state index contributed by atoms with van der Waals surface area (Å²) in [5.74, 6) is -4.64. The van der Waals surface area contributed by atoms with Crippen LogP contribution in [0.3, 0.4) is 0 Å². The Hall–Kier alpha value is -3.86. The van der Waals surface area contributed by atoms with E-state index in [9.17, 15) is 36.0 Å². The van der Waals surface area contributed by atoms with Gasteiger partial charge in [-0.25, -0.2) is 35.9 Å². The zero-order valence-electron chi connectivity index (χ0n) is 16.6. The number of benzene rings is 2. The minimum Gasteiger partial charge on any atom is -0.479 e. The lowest BCUT2D eigenvalue weighted by Crippen LogP contribution is -2.39. The molecule has 182 valence electrons. The number of aliphatic hydroxyl groups is 2. The lowest BCUT2D eigenvalue weighted by molar-refractivity contribution is -0.165. The summed E-state index contributed by atoms with van der Waals surface area (Å²) >= 11 is 0. The molecule has 0 radical (unpaired) electrons. The molecule has 0 aliphatic carbocycles. The van der Waals surface area contributed by atoms with Gasteiger partial charge in [-0.2, -0.15) is 0 Å². The summed E-state index contributed by atoms with van der Waals surface area (Å²) in [6.45, 7) is 0. The first-order chi connectivity index (χ1) is 15.7. The van der Waals surface area contributed by atoms with Gasteiger partial charge in [0.1, 0.15) is 9.79 Å². The fraction of sp³-hybridized carbons (Fsp3) is 0.111. The molecule has 34 heavy (non-hydrogen) atoms. The van der Waals surface area contributed by atoms with Crippen molar-refractivity contribution in [3.05, 3.63) is 59.7 Å². The summed E-state index contributed by atoms with van der Waals surface area (Å²) in [7, 11) is -7.11. The number of rotatable bonds is 3. The Morgan fingerprint density at radius 3 is 1.21 bits per heavy atom. The van der Waals surface area contributed by atoms with Crippen molar-refractivity contribution >= 4 is 43.8 Å². The van der Waals surface area contributed by atoms with Gasteiger partial charge in [0.25, 0.3) is 31.9 Å². The molecule has 0 saturated heterocycles. The maximum Gasteiger partial charge on any atom is 0.335 e. The van der Waals surface area contributed by atoms with Crippen molar-refractivity contribution in [1.82, 2.24) is 9.44 Å². The number of hydrogen-bond donors (Lipinski definition) is 6. The zero-order chi connectivity index (χ0) is 25.8. The molecule has 2 aliphatic heterocycles. The smallest absolute Gasteiger partial charge is 0.335 e. The maximum atomic E-state index is 11.1. The molecule has 2 aromatic carbocycles. The van der Waals surface area contributed by atoms with Crippen LogP contribution in [0.25, 0.3) is 0 Å². The Balaban J connectivity index is 0.000000182. The van der Waals surface area contributed by atoms with Crippen molar-refractivity contribution in [2.75, 3.05) is 0 Å². The summed E-state index contributed by atoms with van der Waals surface area (Å²) < 4.78 is 48.3. The molecular weight excluding hydrogens is 500 g/mol. The van der Waals surface area contributed by atoms with Crippen molar-refractivity contribution in [2.45, 2.75) is 22.0 Å². The fourth-order valence-electron chi connectivity index (χ4n) is 2.51. The van der Waals surface area contributed by atoms with Gasteiger partial charge in [0.05, 0.1) is 11.1 Å². The third-order valence-corrected chi connectivity index (χ3v) is 6.88. The second-order valence-corrected chi connectivity index (χ2v) is 9.73. The first kappa shape index (κ1) is 26.4. The highest BCUT2D eigenvalue weighted by Gasteiger charge is 2.32. The third kappa shape index (κ3) is 5.73. The molecule has 2 amide bonds. The Morgan fingerprint density at radius 2 is 0.941 bits per heavy atom.